The monoisotopic (exact) mass is 454 g/mol. The molecule has 3 aromatic carbocycles. The average molecular weight is 455 g/mol. The Morgan fingerprint density at radius 3 is 2.26 bits per heavy atom. The van der Waals surface area contributed by atoms with Gasteiger partial charge >= 0.3 is 0 Å². The molecule has 0 fully saturated rings. The summed E-state index contributed by atoms with van der Waals surface area (Å²) in [5.74, 6) is 2.26. The number of anilines is 1. The fourth-order valence-electron chi connectivity index (χ4n) is 4.29. The number of nitrogen functional groups attached to an aromatic ring is 1. The molecular weight excluding hydrogens is 428 g/mol. The van der Waals surface area contributed by atoms with Gasteiger partial charge in [0, 0.05) is 18.2 Å². The van der Waals surface area contributed by atoms with E-state index in [2.05, 4.69) is 22.1 Å². The third kappa shape index (κ3) is 3.81. The molecule has 0 amide bonds. The van der Waals surface area contributed by atoms with E-state index in [1.54, 1.807) is 20.3 Å². The normalized spacial score (nSPS) is 11.1. The number of methoxy groups -OCH3 is 2. The molecular formula is C27H26N4O3. The SMILES string of the molecule is COc1cc(OC)cc(-n2c(N)c(-c3nc4ccccc4[nH]3)c(O)c2CCc2ccccc2)c1. The Morgan fingerprint density at radius 2 is 1.59 bits per heavy atom. The second-order valence-corrected chi connectivity index (χ2v) is 8.05. The molecule has 5 aromatic rings. The molecule has 172 valence electrons. The molecule has 0 unspecified atom stereocenters. The van der Waals surface area contributed by atoms with Gasteiger partial charge in [-0.3, -0.25) is 4.57 Å². The first-order valence-electron chi connectivity index (χ1n) is 11.0. The van der Waals surface area contributed by atoms with Crippen LogP contribution in [-0.4, -0.2) is 33.9 Å². The van der Waals surface area contributed by atoms with Gasteiger partial charge in [0.05, 0.1) is 36.6 Å². The number of nitrogens with one attached hydrogen (secondary N) is 1. The Morgan fingerprint density at radius 1 is 0.912 bits per heavy atom. The number of fused-ring (bicyclic) bond motifs is 1. The molecule has 2 aromatic heterocycles. The third-order valence-electron chi connectivity index (χ3n) is 5.99. The van der Waals surface area contributed by atoms with Crippen molar-refractivity contribution in [3.05, 3.63) is 84.1 Å². The summed E-state index contributed by atoms with van der Waals surface area (Å²) in [6.07, 6.45) is 1.30. The van der Waals surface area contributed by atoms with Crippen LogP contribution in [0.15, 0.2) is 72.8 Å². The predicted molar refractivity (Wildman–Crippen MR) is 134 cm³/mol. The lowest BCUT2D eigenvalue weighted by atomic mass is 10.1. The van der Waals surface area contributed by atoms with Gasteiger partial charge < -0.3 is 25.3 Å². The van der Waals surface area contributed by atoms with Gasteiger partial charge in [0.25, 0.3) is 0 Å². The zero-order valence-corrected chi connectivity index (χ0v) is 19.1. The molecule has 34 heavy (non-hydrogen) atoms. The van der Waals surface area contributed by atoms with E-state index in [1.165, 1.54) is 5.56 Å². The molecule has 0 saturated carbocycles. The van der Waals surface area contributed by atoms with Gasteiger partial charge in [0.2, 0.25) is 0 Å². The van der Waals surface area contributed by atoms with Crippen molar-refractivity contribution in [2.45, 2.75) is 12.8 Å². The summed E-state index contributed by atoms with van der Waals surface area (Å²) >= 11 is 0. The Balaban J connectivity index is 1.69. The maximum atomic E-state index is 11.4. The number of nitrogens with zero attached hydrogens (tertiary/aromatic N) is 2. The van der Waals surface area contributed by atoms with Crippen molar-refractivity contribution in [3.8, 4) is 34.3 Å². The lowest BCUT2D eigenvalue weighted by Gasteiger charge is -2.14. The van der Waals surface area contributed by atoms with Crippen LogP contribution in [-0.2, 0) is 12.8 Å². The number of hydrogen-bond donors (Lipinski definition) is 3. The van der Waals surface area contributed by atoms with Crippen LogP contribution >= 0.6 is 0 Å². The molecule has 0 radical (unpaired) electrons. The first kappa shape index (κ1) is 21.5. The van der Waals surface area contributed by atoms with Gasteiger partial charge in [-0.1, -0.05) is 42.5 Å². The molecule has 0 aliphatic rings. The van der Waals surface area contributed by atoms with E-state index < -0.39 is 0 Å². The van der Waals surface area contributed by atoms with Crippen LogP contribution in [0.5, 0.6) is 17.2 Å². The molecule has 0 saturated heterocycles. The van der Waals surface area contributed by atoms with Crippen molar-refractivity contribution in [1.29, 1.82) is 0 Å². The fraction of sp³-hybridized carbons (Fsp3) is 0.148. The number of benzene rings is 3. The maximum absolute atomic E-state index is 11.4. The van der Waals surface area contributed by atoms with Crippen LogP contribution in [0.1, 0.15) is 11.3 Å². The van der Waals surface area contributed by atoms with Crippen LogP contribution in [0.3, 0.4) is 0 Å². The minimum absolute atomic E-state index is 0.106. The van der Waals surface area contributed by atoms with Gasteiger partial charge in [-0.2, -0.15) is 0 Å². The summed E-state index contributed by atoms with van der Waals surface area (Å²) < 4.78 is 12.8. The van der Waals surface area contributed by atoms with Gasteiger partial charge in [-0.15, -0.1) is 0 Å². The van der Waals surface area contributed by atoms with Crippen molar-refractivity contribution >= 4 is 16.9 Å². The predicted octanol–water partition coefficient (Wildman–Crippen LogP) is 5.11. The second-order valence-electron chi connectivity index (χ2n) is 8.05. The smallest absolute Gasteiger partial charge is 0.150 e. The van der Waals surface area contributed by atoms with Crippen molar-refractivity contribution in [2.24, 2.45) is 0 Å². The Hall–Kier alpha value is -4.39. The van der Waals surface area contributed by atoms with Gasteiger partial charge in [0.1, 0.15) is 34.5 Å². The molecule has 0 aliphatic heterocycles. The topological polar surface area (TPSA) is 98.3 Å². The first-order valence-corrected chi connectivity index (χ1v) is 11.0. The molecule has 2 heterocycles. The number of para-hydroxylation sites is 2. The third-order valence-corrected chi connectivity index (χ3v) is 5.99. The molecule has 0 atom stereocenters. The average Bonchev–Trinajstić information content (AvgIpc) is 3.40. The highest BCUT2D eigenvalue weighted by Crippen LogP contribution is 2.42. The minimum Gasteiger partial charge on any atom is -0.505 e. The number of H-pyrrole nitrogens is 1. The minimum atomic E-state index is 0.106. The number of nitrogens with two attached hydrogens (primary N) is 1. The highest BCUT2D eigenvalue weighted by atomic mass is 16.5. The highest BCUT2D eigenvalue weighted by molar-refractivity contribution is 5.86. The number of aromatic amines is 1. The van der Waals surface area contributed by atoms with Gasteiger partial charge in [-0.05, 0) is 30.5 Å². The van der Waals surface area contributed by atoms with Crippen LogP contribution in [0, 0.1) is 0 Å². The quantitative estimate of drug-likeness (QED) is 0.317. The van der Waals surface area contributed by atoms with Crippen LogP contribution in [0.4, 0.5) is 5.82 Å². The number of ether oxygens (including phenoxy) is 2. The number of rotatable bonds is 7. The van der Waals surface area contributed by atoms with E-state index in [9.17, 15) is 5.11 Å². The summed E-state index contributed by atoms with van der Waals surface area (Å²) in [7, 11) is 3.20. The van der Waals surface area contributed by atoms with Crippen LogP contribution < -0.4 is 15.2 Å². The van der Waals surface area contributed by atoms with Gasteiger partial charge in [-0.25, -0.2) is 4.98 Å². The molecule has 0 bridgehead atoms. The zero-order chi connectivity index (χ0) is 23.7. The molecule has 0 spiro atoms. The van der Waals surface area contributed by atoms with Crippen molar-refractivity contribution in [1.82, 2.24) is 14.5 Å². The summed E-state index contributed by atoms with van der Waals surface area (Å²) in [6.45, 7) is 0. The van der Waals surface area contributed by atoms with E-state index in [-0.39, 0.29) is 5.75 Å². The van der Waals surface area contributed by atoms with Crippen molar-refractivity contribution in [2.75, 3.05) is 20.0 Å². The molecule has 7 nitrogen and oxygen atoms in total. The largest absolute Gasteiger partial charge is 0.505 e. The maximum Gasteiger partial charge on any atom is 0.150 e. The number of imidazole rings is 1. The first-order chi connectivity index (χ1) is 16.6. The standard InChI is InChI=1S/C27H26N4O3/c1-33-19-14-18(15-20(16-19)34-2)31-23(13-12-17-8-4-3-5-9-17)25(32)24(26(31)28)27-29-21-10-6-7-11-22(21)30-27/h3-11,14-16,32H,12-13,28H2,1-2H3,(H,29,30). The number of aryl methyl sites for hydroxylation is 1. The number of hydrogen-bond acceptors (Lipinski definition) is 5. The number of aromatic nitrogens is 3. The summed E-state index contributed by atoms with van der Waals surface area (Å²) in [6, 6.07) is 23.4. The van der Waals surface area contributed by atoms with Crippen LogP contribution in [0.2, 0.25) is 0 Å². The summed E-state index contributed by atoms with van der Waals surface area (Å²) in [4.78, 5) is 7.97. The fourth-order valence-corrected chi connectivity index (χ4v) is 4.29. The zero-order valence-electron chi connectivity index (χ0n) is 19.1. The van der Waals surface area contributed by atoms with E-state index in [4.69, 9.17) is 15.2 Å². The van der Waals surface area contributed by atoms with Crippen LogP contribution in [0.25, 0.3) is 28.1 Å². The summed E-state index contributed by atoms with van der Waals surface area (Å²) in [5, 5.41) is 11.4. The molecule has 4 N–H and O–H groups in total. The van der Waals surface area contributed by atoms with E-state index in [0.29, 0.717) is 40.8 Å². The number of aromatic hydroxyl groups is 1. The van der Waals surface area contributed by atoms with E-state index >= 15 is 0 Å². The molecule has 0 aliphatic carbocycles. The molecule has 5 rings (SSSR count). The Kier molecular flexibility index (Phi) is 5.59. The highest BCUT2D eigenvalue weighted by Gasteiger charge is 2.25. The lowest BCUT2D eigenvalue weighted by Crippen LogP contribution is -2.06. The lowest BCUT2D eigenvalue weighted by molar-refractivity contribution is 0.394. The van der Waals surface area contributed by atoms with E-state index in [1.807, 2.05) is 59.2 Å². The van der Waals surface area contributed by atoms with Crippen molar-refractivity contribution < 1.29 is 14.6 Å². The van der Waals surface area contributed by atoms with Gasteiger partial charge in [0.15, 0.2) is 0 Å². The Bertz CT molecular complexity index is 1400. The van der Waals surface area contributed by atoms with Crippen molar-refractivity contribution in [3.63, 3.8) is 0 Å². The van der Waals surface area contributed by atoms with E-state index in [0.717, 1.165) is 23.1 Å². The summed E-state index contributed by atoms with van der Waals surface area (Å²) in [5.41, 5.74) is 11.4. The molecule has 7 heteroatoms. The second kappa shape index (κ2) is 8.86. The Labute approximate surface area is 197 Å².